The van der Waals surface area contributed by atoms with Crippen LogP contribution in [-0.4, -0.2) is 11.7 Å². The average Bonchev–Trinajstić information content (AvgIpc) is 2.03. The van der Waals surface area contributed by atoms with Gasteiger partial charge in [-0.15, -0.1) is 0 Å². The Morgan fingerprint density at radius 2 is 2.08 bits per heavy atom. The Bertz CT molecular complexity index is 261. The lowest BCUT2D eigenvalue weighted by atomic mass is 10.1. The number of phenols is 1. The smallest absolute Gasteiger partial charge is 0.120 e. The molecule has 1 aromatic rings. The largest absolute Gasteiger partial charge is 0.508 e. The fourth-order valence-corrected chi connectivity index (χ4v) is 1.08. The molecule has 3 heteroatoms. The lowest BCUT2D eigenvalue weighted by Gasteiger charge is -2.03. The molecule has 0 amide bonds. The number of hydrogen-bond acceptors (Lipinski definition) is 3. The molecule has 0 fully saturated rings. The molecule has 0 bridgehead atoms. The van der Waals surface area contributed by atoms with Crippen LogP contribution in [0.1, 0.15) is 12.0 Å². The van der Waals surface area contributed by atoms with E-state index < -0.39 is 0 Å². The maximum absolute atomic E-state index is 9.40. The monoisotopic (exact) mass is 166 g/mol. The van der Waals surface area contributed by atoms with Gasteiger partial charge in [-0.3, -0.25) is 0 Å². The van der Waals surface area contributed by atoms with E-state index in [1.54, 1.807) is 12.1 Å². The van der Waals surface area contributed by atoms with Crippen molar-refractivity contribution in [3.05, 3.63) is 23.8 Å². The van der Waals surface area contributed by atoms with Crippen molar-refractivity contribution in [2.75, 3.05) is 12.3 Å². The molecule has 66 valence electrons. The highest BCUT2D eigenvalue weighted by molar-refractivity contribution is 5.47. The summed E-state index contributed by atoms with van der Waals surface area (Å²) in [5, 5.41) is 9.40. The van der Waals surface area contributed by atoms with Gasteiger partial charge in [0.15, 0.2) is 0 Å². The fraction of sp³-hybridized carbons (Fsp3) is 0.333. The summed E-state index contributed by atoms with van der Waals surface area (Å²) in [5.41, 5.74) is 12.3. The van der Waals surface area contributed by atoms with Gasteiger partial charge >= 0.3 is 0 Å². The standard InChI is InChI=1S/C9H14N2O/c10-5-1-2-7-3-4-8(11)6-9(7)12/h3-4,6,12H,1-2,5,10-11H2. The molecule has 12 heavy (non-hydrogen) atoms. The van der Waals surface area contributed by atoms with Gasteiger partial charge in [0, 0.05) is 11.8 Å². The van der Waals surface area contributed by atoms with Gasteiger partial charge in [0.1, 0.15) is 5.75 Å². The quantitative estimate of drug-likeness (QED) is 0.583. The van der Waals surface area contributed by atoms with E-state index in [0.717, 1.165) is 18.4 Å². The molecule has 0 aromatic heterocycles. The Kier molecular flexibility index (Phi) is 2.94. The minimum absolute atomic E-state index is 0.267. The number of hydrogen-bond donors (Lipinski definition) is 3. The maximum atomic E-state index is 9.40. The van der Waals surface area contributed by atoms with Gasteiger partial charge in [-0.05, 0) is 31.0 Å². The second-order valence-corrected chi connectivity index (χ2v) is 2.78. The number of aryl methyl sites for hydroxylation is 1. The second-order valence-electron chi connectivity index (χ2n) is 2.78. The predicted octanol–water partition coefficient (Wildman–Crippen LogP) is 0.866. The second kappa shape index (κ2) is 3.97. The van der Waals surface area contributed by atoms with Crippen molar-refractivity contribution in [1.29, 1.82) is 0 Å². The van der Waals surface area contributed by atoms with Crippen molar-refractivity contribution in [3.63, 3.8) is 0 Å². The first-order valence-electron chi connectivity index (χ1n) is 4.01. The van der Waals surface area contributed by atoms with Crippen LogP contribution in [0.3, 0.4) is 0 Å². The molecule has 0 unspecified atom stereocenters. The molecule has 3 nitrogen and oxygen atoms in total. The molecule has 5 N–H and O–H groups in total. The van der Waals surface area contributed by atoms with Crippen LogP contribution in [0.5, 0.6) is 5.75 Å². The molecule has 0 saturated heterocycles. The molecular formula is C9H14N2O. The Morgan fingerprint density at radius 3 is 2.67 bits per heavy atom. The third-order valence-electron chi connectivity index (χ3n) is 1.76. The van der Waals surface area contributed by atoms with Crippen LogP contribution < -0.4 is 11.5 Å². The first kappa shape index (κ1) is 8.87. The topological polar surface area (TPSA) is 72.3 Å². The molecule has 0 radical (unpaired) electrons. The summed E-state index contributed by atoms with van der Waals surface area (Å²) in [7, 11) is 0. The zero-order chi connectivity index (χ0) is 8.97. The number of nitrogens with two attached hydrogens (primary N) is 2. The summed E-state index contributed by atoms with van der Waals surface area (Å²) in [4.78, 5) is 0. The molecule has 0 saturated carbocycles. The summed E-state index contributed by atoms with van der Waals surface area (Å²) in [6, 6.07) is 5.18. The molecule has 0 aliphatic rings. The van der Waals surface area contributed by atoms with E-state index in [1.165, 1.54) is 0 Å². The van der Waals surface area contributed by atoms with Gasteiger partial charge in [0.05, 0.1) is 0 Å². The van der Waals surface area contributed by atoms with E-state index in [1.807, 2.05) is 6.07 Å². The van der Waals surface area contributed by atoms with Crippen molar-refractivity contribution in [2.45, 2.75) is 12.8 Å². The fourth-order valence-electron chi connectivity index (χ4n) is 1.08. The number of anilines is 1. The first-order chi connectivity index (χ1) is 5.74. The van der Waals surface area contributed by atoms with E-state index in [0.29, 0.717) is 12.2 Å². The van der Waals surface area contributed by atoms with Crippen LogP contribution >= 0.6 is 0 Å². The lowest BCUT2D eigenvalue weighted by Crippen LogP contribution is -2.00. The van der Waals surface area contributed by atoms with E-state index >= 15 is 0 Å². The van der Waals surface area contributed by atoms with Crippen LogP contribution in [0.15, 0.2) is 18.2 Å². The van der Waals surface area contributed by atoms with Crippen molar-refractivity contribution in [3.8, 4) is 5.75 Å². The molecule has 0 aliphatic heterocycles. The average molecular weight is 166 g/mol. The van der Waals surface area contributed by atoms with Crippen molar-refractivity contribution in [1.82, 2.24) is 0 Å². The van der Waals surface area contributed by atoms with Gasteiger partial charge in [-0.2, -0.15) is 0 Å². The van der Waals surface area contributed by atoms with E-state index in [4.69, 9.17) is 11.5 Å². The zero-order valence-electron chi connectivity index (χ0n) is 6.96. The molecule has 0 atom stereocenters. The Balaban J connectivity index is 2.72. The molecule has 0 spiro atoms. The summed E-state index contributed by atoms with van der Waals surface area (Å²) in [5.74, 6) is 0.267. The number of phenolic OH excluding ortho intramolecular Hbond substituents is 1. The van der Waals surface area contributed by atoms with Crippen molar-refractivity contribution >= 4 is 5.69 Å². The van der Waals surface area contributed by atoms with E-state index in [2.05, 4.69) is 0 Å². The third-order valence-corrected chi connectivity index (χ3v) is 1.76. The summed E-state index contributed by atoms with van der Waals surface area (Å²) < 4.78 is 0. The third kappa shape index (κ3) is 2.13. The molecule has 1 rings (SSSR count). The molecule has 1 aromatic carbocycles. The van der Waals surface area contributed by atoms with Crippen LogP contribution in [-0.2, 0) is 6.42 Å². The highest BCUT2D eigenvalue weighted by Crippen LogP contribution is 2.20. The van der Waals surface area contributed by atoms with Crippen molar-refractivity contribution in [2.24, 2.45) is 5.73 Å². The normalized spacial score (nSPS) is 10.1. The van der Waals surface area contributed by atoms with Gasteiger partial charge in [-0.1, -0.05) is 6.07 Å². The maximum Gasteiger partial charge on any atom is 0.120 e. The number of nitrogen functional groups attached to an aromatic ring is 1. The highest BCUT2D eigenvalue weighted by atomic mass is 16.3. The summed E-state index contributed by atoms with van der Waals surface area (Å²) in [6.07, 6.45) is 1.69. The minimum Gasteiger partial charge on any atom is -0.508 e. The number of rotatable bonds is 3. The van der Waals surface area contributed by atoms with Gasteiger partial charge in [0.25, 0.3) is 0 Å². The number of benzene rings is 1. The van der Waals surface area contributed by atoms with Gasteiger partial charge in [0.2, 0.25) is 0 Å². The van der Waals surface area contributed by atoms with Crippen molar-refractivity contribution < 1.29 is 5.11 Å². The van der Waals surface area contributed by atoms with E-state index in [-0.39, 0.29) is 5.75 Å². The van der Waals surface area contributed by atoms with Crippen LogP contribution in [0, 0.1) is 0 Å². The summed E-state index contributed by atoms with van der Waals surface area (Å²) in [6.45, 7) is 0.643. The van der Waals surface area contributed by atoms with E-state index in [9.17, 15) is 5.11 Å². The minimum atomic E-state index is 0.267. The van der Waals surface area contributed by atoms with Crippen LogP contribution in [0.2, 0.25) is 0 Å². The number of aromatic hydroxyl groups is 1. The summed E-state index contributed by atoms with van der Waals surface area (Å²) >= 11 is 0. The van der Waals surface area contributed by atoms with Crippen LogP contribution in [0.25, 0.3) is 0 Å². The molecular weight excluding hydrogens is 152 g/mol. The molecule has 0 heterocycles. The Hall–Kier alpha value is -1.22. The van der Waals surface area contributed by atoms with Gasteiger partial charge < -0.3 is 16.6 Å². The predicted molar refractivity (Wildman–Crippen MR) is 49.9 cm³/mol. The Morgan fingerprint density at radius 1 is 1.33 bits per heavy atom. The Labute approximate surface area is 72.0 Å². The zero-order valence-corrected chi connectivity index (χ0v) is 6.96. The van der Waals surface area contributed by atoms with Crippen LogP contribution in [0.4, 0.5) is 5.69 Å². The highest BCUT2D eigenvalue weighted by Gasteiger charge is 1.99. The van der Waals surface area contributed by atoms with Gasteiger partial charge in [-0.25, -0.2) is 0 Å². The first-order valence-corrected chi connectivity index (χ1v) is 4.01. The molecule has 0 aliphatic carbocycles. The lowest BCUT2D eigenvalue weighted by molar-refractivity contribution is 0.467. The SMILES string of the molecule is NCCCc1ccc(N)cc1O.